The number of alkyl carbamates (subject to hydrolysis) is 1. The molecule has 1 aromatic carbocycles. The van der Waals surface area contributed by atoms with E-state index >= 15 is 0 Å². The van der Waals surface area contributed by atoms with Gasteiger partial charge < -0.3 is 15.4 Å². The second kappa shape index (κ2) is 8.98. The number of carbonyl (C=O) groups excluding carboxylic acids is 1. The number of amides is 1. The number of sulfonamides is 1. The second-order valence-electron chi connectivity index (χ2n) is 7.92. The average molecular weight is 475 g/mol. The summed E-state index contributed by atoms with van der Waals surface area (Å²) in [5.74, 6) is 0.309. The molecule has 0 saturated heterocycles. The van der Waals surface area contributed by atoms with Crippen LogP contribution < -0.4 is 15.8 Å². The number of anilines is 2. The predicted molar refractivity (Wildman–Crippen MR) is 110 cm³/mol. The number of hydrogen-bond acceptors (Lipinski definition) is 6. The third-order valence-electron chi connectivity index (χ3n) is 4.97. The van der Waals surface area contributed by atoms with Gasteiger partial charge in [0.15, 0.2) is 5.82 Å². The van der Waals surface area contributed by atoms with E-state index in [2.05, 4.69) is 20.8 Å². The van der Waals surface area contributed by atoms with Crippen molar-refractivity contribution in [1.82, 2.24) is 15.5 Å². The van der Waals surface area contributed by atoms with Crippen LogP contribution in [0.15, 0.2) is 29.2 Å². The van der Waals surface area contributed by atoms with E-state index in [-0.39, 0.29) is 29.6 Å². The molecule has 1 aromatic heterocycles. The van der Waals surface area contributed by atoms with Gasteiger partial charge in [-0.2, -0.15) is 18.3 Å². The number of alkyl halides is 3. The van der Waals surface area contributed by atoms with E-state index in [0.29, 0.717) is 18.9 Å². The van der Waals surface area contributed by atoms with Gasteiger partial charge in [-0.05, 0) is 51.3 Å². The maximum Gasteiger partial charge on any atom is 0.417 e. The van der Waals surface area contributed by atoms with E-state index in [1.54, 1.807) is 6.07 Å². The number of nitrogens with one attached hydrogen (secondary N) is 3. The van der Waals surface area contributed by atoms with Crippen LogP contribution >= 0.6 is 0 Å². The number of aromatic nitrogens is 2. The first-order chi connectivity index (χ1) is 14.8. The normalized spacial score (nSPS) is 19.2. The summed E-state index contributed by atoms with van der Waals surface area (Å²) in [5.41, 5.74) is -0.614. The van der Waals surface area contributed by atoms with Crippen LogP contribution in [-0.4, -0.2) is 36.9 Å². The van der Waals surface area contributed by atoms with Gasteiger partial charge in [0.05, 0.1) is 10.5 Å². The first-order valence-corrected chi connectivity index (χ1v) is 11.4. The van der Waals surface area contributed by atoms with Crippen LogP contribution in [-0.2, 0) is 20.9 Å². The minimum absolute atomic E-state index is 0.000707. The van der Waals surface area contributed by atoms with Crippen molar-refractivity contribution in [3.05, 3.63) is 35.5 Å². The van der Waals surface area contributed by atoms with Crippen LogP contribution in [0.5, 0.6) is 0 Å². The molecule has 1 aliphatic carbocycles. The van der Waals surface area contributed by atoms with E-state index in [1.807, 2.05) is 13.8 Å². The van der Waals surface area contributed by atoms with Gasteiger partial charge in [0, 0.05) is 29.4 Å². The molecule has 0 bridgehead atoms. The largest absolute Gasteiger partial charge is 0.446 e. The Morgan fingerprint density at radius 1 is 1.28 bits per heavy atom. The van der Waals surface area contributed by atoms with Crippen molar-refractivity contribution in [2.24, 2.45) is 5.14 Å². The number of nitrogens with two attached hydrogens (primary N) is 1. The van der Waals surface area contributed by atoms with Crippen LogP contribution in [0.1, 0.15) is 50.3 Å². The minimum atomic E-state index is -4.91. The maximum absolute atomic E-state index is 13.3. The van der Waals surface area contributed by atoms with E-state index in [0.717, 1.165) is 18.2 Å². The van der Waals surface area contributed by atoms with Crippen LogP contribution in [0, 0.1) is 0 Å². The lowest BCUT2D eigenvalue weighted by Crippen LogP contribution is -2.33. The minimum Gasteiger partial charge on any atom is -0.446 e. The number of benzene rings is 1. The van der Waals surface area contributed by atoms with Crippen LogP contribution in [0.3, 0.4) is 0 Å². The molecule has 32 heavy (non-hydrogen) atoms. The topological polar surface area (TPSA) is 139 Å². The van der Waals surface area contributed by atoms with E-state index in [1.165, 1.54) is 6.07 Å². The van der Waals surface area contributed by atoms with Gasteiger partial charge in [0.1, 0.15) is 6.10 Å². The Bertz CT molecular complexity index is 1080. The summed E-state index contributed by atoms with van der Waals surface area (Å²) in [7, 11) is -4.54. The van der Waals surface area contributed by atoms with Crippen molar-refractivity contribution >= 4 is 27.6 Å². The van der Waals surface area contributed by atoms with E-state index in [9.17, 15) is 26.4 Å². The Balaban J connectivity index is 1.69. The lowest BCUT2D eigenvalue weighted by Gasteiger charge is -2.14. The molecule has 2 unspecified atom stereocenters. The fourth-order valence-corrected chi connectivity index (χ4v) is 4.32. The molecular formula is C19H24F3N5O4S. The van der Waals surface area contributed by atoms with Gasteiger partial charge in [-0.1, -0.05) is 0 Å². The molecule has 1 saturated carbocycles. The average Bonchev–Trinajstić information content (AvgIpc) is 3.28. The Hall–Kier alpha value is -2.80. The van der Waals surface area contributed by atoms with Crippen molar-refractivity contribution in [2.75, 3.05) is 5.32 Å². The summed E-state index contributed by atoms with van der Waals surface area (Å²) in [5, 5.41) is 17.2. The summed E-state index contributed by atoms with van der Waals surface area (Å²) in [6.07, 6.45) is -3.59. The molecule has 176 valence electrons. The number of rotatable bonds is 6. The SMILES string of the molecule is CC(C)NC(=O)OC1CCC(c2cc(Nc3ccc(S(N)(=O)=O)c(C(F)(F)F)c3)n[nH]2)C1. The monoisotopic (exact) mass is 475 g/mol. The third-order valence-corrected chi connectivity index (χ3v) is 5.94. The van der Waals surface area contributed by atoms with Crippen molar-refractivity contribution in [3.8, 4) is 0 Å². The van der Waals surface area contributed by atoms with Gasteiger partial charge in [-0.3, -0.25) is 5.10 Å². The Kier molecular flexibility index (Phi) is 6.69. The Morgan fingerprint density at radius 2 is 2.00 bits per heavy atom. The number of H-pyrrole nitrogens is 1. The standard InChI is InChI=1S/C19H24F3N5O4S/c1-10(2)24-18(28)31-13-5-3-11(7-13)15-9-17(27-26-15)25-12-4-6-16(32(23,29)30)14(8-12)19(20,21)22/h4,6,8-11,13H,3,5,7H2,1-2H3,(H,24,28)(H2,23,29,30)(H2,25,26,27). The third kappa shape index (κ3) is 5.91. The van der Waals surface area contributed by atoms with Crippen LogP contribution in [0.4, 0.5) is 29.5 Å². The molecule has 3 rings (SSSR count). The van der Waals surface area contributed by atoms with Crippen LogP contribution in [0.2, 0.25) is 0 Å². The smallest absolute Gasteiger partial charge is 0.417 e. The fourth-order valence-electron chi connectivity index (χ4n) is 3.59. The summed E-state index contributed by atoms with van der Waals surface area (Å²) in [6.45, 7) is 3.66. The van der Waals surface area contributed by atoms with Crippen molar-refractivity contribution in [3.63, 3.8) is 0 Å². The second-order valence-corrected chi connectivity index (χ2v) is 9.45. The quantitative estimate of drug-likeness (QED) is 0.504. The fraction of sp³-hybridized carbons (Fsp3) is 0.474. The predicted octanol–water partition coefficient (Wildman–Crippen LogP) is 3.59. The molecule has 2 atom stereocenters. The Morgan fingerprint density at radius 3 is 2.62 bits per heavy atom. The molecular weight excluding hydrogens is 451 g/mol. The number of nitrogens with zero attached hydrogens (tertiary/aromatic N) is 1. The number of hydrogen-bond donors (Lipinski definition) is 4. The maximum atomic E-state index is 13.3. The summed E-state index contributed by atoms with van der Waals surface area (Å²) in [4.78, 5) is 10.8. The van der Waals surface area contributed by atoms with Gasteiger partial charge in [0.25, 0.3) is 0 Å². The first kappa shape index (κ1) is 23.9. The zero-order chi connectivity index (χ0) is 23.7. The van der Waals surface area contributed by atoms with Crippen molar-refractivity contribution in [2.45, 2.75) is 62.2 Å². The van der Waals surface area contributed by atoms with E-state index < -0.39 is 32.8 Å². The van der Waals surface area contributed by atoms with Gasteiger partial charge >= 0.3 is 12.3 Å². The molecule has 1 heterocycles. The highest BCUT2D eigenvalue weighted by Gasteiger charge is 2.37. The number of aromatic amines is 1. The molecule has 5 N–H and O–H groups in total. The highest BCUT2D eigenvalue weighted by Crippen LogP contribution is 2.38. The number of carbonyl (C=O) groups is 1. The summed E-state index contributed by atoms with van der Waals surface area (Å²) < 4.78 is 68.2. The molecule has 9 nitrogen and oxygen atoms in total. The first-order valence-electron chi connectivity index (χ1n) is 9.86. The Labute approximate surface area is 183 Å². The highest BCUT2D eigenvalue weighted by atomic mass is 32.2. The van der Waals surface area contributed by atoms with Crippen molar-refractivity contribution < 1.29 is 31.1 Å². The molecule has 0 aliphatic heterocycles. The molecule has 1 aliphatic rings. The van der Waals surface area contributed by atoms with Gasteiger partial charge in [0.2, 0.25) is 10.0 Å². The molecule has 0 spiro atoms. The highest BCUT2D eigenvalue weighted by molar-refractivity contribution is 7.89. The summed E-state index contributed by atoms with van der Waals surface area (Å²) in [6, 6.07) is 4.27. The number of ether oxygens (including phenoxy) is 1. The molecule has 2 aromatic rings. The zero-order valence-corrected chi connectivity index (χ0v) is 18.2. The molecule has 1 fully saturated rings. The molecule has 13 heteroatoms. The van der Waals surface area contributed by atoms with Gasteiger partial charge in [-0.25, -0.2) is 18.4 Å². The summed E-state index contributed by atoms with van der Waals surface area (Å²) >= 11 is 0. The number of halogens is 3. The zero-order valence-electron chi connectivity index (χ0n) is 17.4. The van der Waals surface area contributed by atoms with E-state index in [4.69, 9.17) is 9.88 Å². The van der Waals surface area contributed by atoms with Gasteiger partial charge in [-0.15, -0.1) is 0 Å². The van der Waals surface area contributed by atoms with Crippen LogP contribution in [0.25, 0.3) is 0 Å². The molecule has 1 amide bonds. The lowest BCUT2D eigenvalue weighted by molar-refractivity contribution is -0.139. The lowest BCUT2D eigenvalue weighted by atomic mass is 10.0. The molecule has 0 radical (unpaired) electrons. The number of primary sulfonamides is 1. The van der Waals surface area contributed by atoms with Crippen molar-refractivity contribution in [1.29, 1.82) is 0 Å².